The van der Waals surface area contributed by atoms with Crippen LogP contribution in [0.15, 0.2) is 26.2 Å². The Balaban J connectivity index is 2.36. The SMILES string of the molecule is COc1cc(Cl)nc(NS(=O)(=O)c2sccc2Br)n1. The van der Waals surface area contributed by atoms with Crippen LogP contribution in [0.25, 0.3) is 0 Å². The fourth-order valence-corrected chi connectivity index (χ4v) is 4.64. The Labute approximate surface area is 127 Å². The molecule has 0 amide bonds. The summed E-state index contributed by atoms with van der Waals surface area (Å²) in [5.74, 6) is 0.0209. The maximum absolute atomic E-state index is 12.1. The van der Waals surface area contributed by atoms with E-state index in [1.54, 1.807) is 11.4 Å². The number of aromatic nitrogens is 2. The van der Waals surface area contributed by atoms with Crippen LogP contribution in [0.5, 0.6) is 5.88 Å². The first-order valence-corrected chi connectivity index (χ1v) is 8.30. The first-order valence-electron chi connectivity index (χ1n) is 4.77. The molecule has 0 aliphatic rings. The summed E-state index contributed by atoms with van der Waals surface area (Å²) in [6, 6.07) is 3.01. The van der Waals surface area contributed by atoms with Gasteiger partial charge in [0.1, 0.15) is 5.15 Å². The van der Waals surface area contributed by atoms with E-state index in [-0.39, 0.29) is 21.2 Å². The Morgan fingerprint density at radius 2 is 2.21 bits per heavy atom. The molecule has 0 fully saturated rings. The van der Waals surface area contributed by atoms with Gasteiger partial charge in [-0.15, -0.1) is 11.3 Å². The van der Waals surface area contributed by atoms with Crippen LogP contribution >= 0.6 is 38.9 Å². The van der Waals surface area contributed by atoms with Gasteiger partial charge in [-0.25, -0.2) is 18.1 Å². The molecule has 0 spiro atoms. The van der Waals surface area contributed by atoms with Crippen LogP contribution in [0.1, 0.15) is 0 Å². The summed E-state index contributed by atoms with van der Waals surface area (Å²) in [5, 5.41) is 1.73. The molecule has 1 N–H and O–H groups in total. The van der Waals surface area contributed by atoms with E-state index in [4.69, 9.17) is 16.3 Å². The van der Waals surface area contributed by atoms with Crippen LogP contribution in [-0.4, -0.2) is 25.5 Å². The van der Waals surface area contributed by atoms with E-state index >= 15 is 0 Å². The number of hydrogen-bond donors (Lipinski definition) is 1. The van der Waals surface area contributed by atoms with E-state index in [1.165, 1.54) is 13.2 Å². The molecular weight excluding hydrogens is 378 g/mol. The Bertz CT molecular complexity index is 704. The van der Waals surface area contributed by atoms with Gasteiger partial charge in [-0.05, 0) is 27.4 Å². The van der Waals surface area contributed by atoms with Crippen molar-refractivity contribution in [2.45, 2.75) is 4.21 Å². The van der Waals surface area contributed by atoms with E-state index in [2.05, 4.69) is 30.6 Å². The molecule has 0 aromatic carbocycles. The lowest BCUT2D eigenvalue weighted by molar-refractivity contribution is 0.397. The first kappa shape index (κ1) is 14.5. The summed E-state index contributed by atoms with van der Waals surface area (Å²) < 4.78 is 31.9. The number of methoxy groups -OCH3 is 1. The third-order valence-corrected chi connectivity index (χ3v) is 6.13. The third-order valence-electron chi connectivity index (χ3n) is 1.93. The predicted octanol–water partition coefficient (Wildman–Crippen LogP) is 2.76. The summed E-state index contributed by atoms with van der Waals surface area (Å²) in [6.07, 6.45) is 0. The number of ether oxygens (including phenoxy) is 1. The molecule has 2 heterocycles. The third kappa shape index (κ3) is 3.35. The Kier molecular flexibility index (Phi) is 4.29. The van der Waals surface area contributed by atoms with Gasteiger partial charge >= 0.3 is 0 Å². The second kappa shape index (κ2) is 5.61. The molecule has 2 aromatic heterocycles. The standard InChI is InChI=1S/C9H7BrClN3O3S2/c1-17-7-4-6(11)12-9(13-7)14-19(15,16)8-5(10)2-3-18-8/h2-4H,1H3,(H,12,13,14). The second-order valence-electron chi connectivity index (χ2n) is 3.22. The van der Waals surface area contributed by atoms with Crippen LogP contribution in [0.3, 0.4) is 0 Å². The number of nitrogens with zero attached hydrogens (tertiary/aromatic N) is 2. The van der Waals surface area contributed by atoms with Crippen LogP contribution in [0, 0.1) is 0 Å². The normalized spacial score (nSPS) is 11.3. The van der Waals surface area contributed by atoms with Crippen molar-refractivity contribution in [1.29, 1.82) is 0 Å². The molecule has 2 aromatic rings. The minimum absolute atomic E-state index is 0.0785. The quantitative estimate of drug-likeness (QED) is 0.820. The lowest BCUT2D eigenvalue weighted by Gasteiger charge is -2.07. The van der Waals surface area contributed by atoms with Gasteiger partial charge in [0, 0.05) is 10.5 Å². The highest BCUT2D eigenvalue weighted by atomic mass is 79.9. The van der Waals surface area contributed by atoms with Crippen LogP contribution in [0.2, 0.25) is 5.15 Å². The topological polar surface area (TPSA) is 81.2 Å². The maximum Gasteiger partial charge on any atom is 0.274 e. The molecule has 0 radical (unpaired) electrons. The van der Waals surface area contributed by atoms with Gasteiger partial charge in [-0.1, -0.05) is 11.6 Å². The zero-order chi connectivity index (χ0) is 14.0. The number of halogens is 2. The molecule has 0 bridgehead atoms. The van der Waals surface area contributed by atoms with E-state index in [9.17, 15) is 8.42 Å². The van der Waals surface area contributed by atoms with Gasteiger partial charge in [0.05, 0.1) is 7.11 Å². The van der Waals surface area contributed by atoms with Crippen LogP contribution in [0.4, 0.5) is 5.95 Å². The van der Waals surface area contributed by atoms with E-state index in [0.29, 0.717) is 4.47 Å². The summed E-state index contributed by atoms with van der Waals surface area (Å²) >= 11 is 9.97. The number of thiophene rings is 1. The maximum atomic E-state index is 12.1. The van der Waals surface area contributed by atoms with Crippen LogP contribution < -0.4 is 9.46 Å². The molecule has 19 heavy (non-hydrogen) atoms. The van der Waals surface area contributed by atoms with Gasteiger partial charge < -0.3 is 4.74 Å². The Morgan fingerprint density at radius 1 is 1.47 bits per heavy atom. The van der Waals surface area contributed by atoms with Crippen molar-refractivity contribution in [3.63, 3.8) is 0 Å². The van der Waals surface area contributed by atoms with Crippen molar-refractivity contribution in [3.8, 4) is 5.88 Å². The fraction of sp³-hybridized carbons (Fsp3) is 0.111. The van der Waals surface area contributed by atoms with Crippen molar-refractivity contribution in [1.82, 2.24) is 9.97 Å². The van der Waals surface area contributed by atoms with Crippen molar-refractivity contribution >= 4 is 54.8 Å². The molecule has 0 saturated heterocycles. The second-order valence-corrected chi connectivity index (χ2v) is 7.25. The summed E-state index contributed by atoms with van der Waals surface area (Å²) in [4.78, 5) is 7.64. The lowest BCUT2D eigenvalue weighted by Crippen LogP contribution is -2.14. The first-order chi connectivity index (χ1) is 8.92. The van der Waals surface area contributed by atoms with Crippen molar-refractivity contribution in [2.24, 2.45) is 0 Å². The molecule has 0 unspecified atom stereocenters. The van der Waals surface area contributed by atoms with Gasteiger partial charge in [0.25, 0.3) is 10.0 Å². The molecule has 6 nitrogen and oxygen atoms in total. The van der Waals surface area contributed by atoms with E-state index in [1.807, 2.05) is 0 Å². The molecular formula is C9H7BrClN3O3S2. The highest BCUT2D eigenvalue weighted by Crippen LogP contribution is 2.29. The molecule has 0 saturated carbocycles. The lowest BCUT2D eigenvalue weighted by atomic mass is 10.6. The highest BCUT2D eigenvalue weighted by Gasteiger charge is 2.21. The van der Waals surface area contributed by atoms with Crippen molar-refractivity contribution in [2.75, 3.05) is 11.8 Å². The number of hydrogen-bond acceptors (Lipinski definition) is 6. The average molecular weight is 385 g/mol. The van der Waals surface area contributed by atoms with Crippen molar-refractivity contribution in [3.05, 3.63) is 27.1 Å². The Morgan fingerprint density at radius 3 is 2.79 bits per heavy atom. The molecule has 0 aliphatic carbocycles. The number of anilines is 1. The minimum atomic E-state index is -3.76. The summed E-state index contributed by atoms with van der Waals surface area (Å²) in [5.41, 5.74) is 0. The average Bonchev–Trinajstić information content (AvgIpc) is 2.74. The Hall–Kier alpha value is -0.900. The molecule has 0 aliphatic heterocycles. The highest BCUT2D eigenvalue weighted by molar-refractivity contribution is 9.10. The smallest absolute Gasteiger partial charge is 0.274 e. The zero-order valence-electron chi connectivity index (χ0n) is 9.42. The van der Waals surface area contributed by atoms with E-state index in [0.717, 1.165) is 11.3 Å². The molecule has 102 valence electrons. The summed E-state index contributed by atoms with van der Waals surface area (Å²) in [6.45, 7) is 0. The number of sulfonamides is 1. The van der Waals surface area contributed by atoms with Gasteiger partial charge in [-0.2, -0.15) is 4.98 Å². The fourth-order valence-electron chi connectivity index (χ4n) is 1.19. The number of rotatable bonds is 4. The van der Waals surface area contributed by atoms with Crippen molar-refractivity contribution < 1.29 is 13.2 Å². The monoisotopic (exact) mass is 383 g/mol. The number of nitrogens with one attached hydrogen (secondary N) is 1. The van der Waals surface area contributed by atoms with E-state index < -0.39 is 10.0 Å². The molecule has 0 atom stereocenters. The van der Waals surface area contributed by atoms with Gasteiger partial charge in [0.2, 0.25) is 11.8 Å². The summed E-state index contributed by atoms with van der Waals surface area (Å²) in [7, 11) is -2.36. The molecule has 2 rings (SSSR count). The van der Waals surface area contributed by atoms with Gasteiger partial charge in [0.15, 0.2) is 4.21 Å². The van der Waals surface area contributed by atoms with Gasteiger partial charge in [-0.3, -0.25) is 0 Å². The zero-order valence-corrected chi connectivity index (χ0v) is 13.4. The van der Waals surface area contributed by atoms with Crippen LogP contribution in [-0.2, 0) is 10.0 Å². The largest absolute Gasteiger partial charge is 0.481 e. The predicted molar refractivity (Wildman–Crippen MR) is 76.4 cm³/mol. The molecule has 10 heteroatoms. The minimum Gasteiger partial charge on any atom is -0.481 e.